The number of anilines is 1. The lowest BCUT2D eigenvalue weighted by Crippen LogP contribution is -2.43. The normalized spacial score (nSPS) is 21.1. The number of benzene rings is 2. The molecule has 1 N–H and O–H groups in total. The maximum absolute atomic E-state index is 17.0. The number of pyridine rings is 1. The molecule has 0 unspecified atom stereocenters. The minimum atomic E-state index is -0.692. The molecule has 3 fully saturated rings. The number of ether oxygens (including phenoxy) is 2. The van der Waals surface area contributed by atoms with Crippen LogP contribution in [-0.4, -0.2) is 76.0 Å². The first-order valence-electron chi connectivity index (χ1n) is 15.5. The van der Waals surface area contributed by atoms with Gasteiger partial charge in [-0.2, -0.15) is 9.97 Å². The van der Waals surface area contributed by atoms with Crippen LogP contribution in [0, 0.1) is 24.0 Å². The summed E-state index contributed by atoms with van der Waals surface area (Å²) >= 11 is 0. The smallest absolute Gasteiger partial charge is 0.319 e. The zero-order valence-electron chi connectivity index (χ0n) is 24.4. The number of hydrogen-bond acceptors (Lipinski definition) is 8. The highest BCUT2D eigenvalue weighted by Crippen LogP contribution is 2.43. The summed E-state index contributed by atoms with van der Waals surface area (Å²) in [4.78, 5) is 19.2. The van der Waals surface area contributed by atoms with Crippen molar-refractivity contribution in [2.75, 3.05) is 44.4 Å². The number of fused-ring (bicyclic) bond motifs is 4. The molecule has 0 saturated carbocycles. The van der Waals surface area contributed by atoms with Crippen LogP contribution in [0.25, 0.3) is 32.9 Å². The second-order valence-electron chi connectivity index (χ2n) is 12.5. The van der Waals surface area contributed by atoms with E-state index in [1.165, 1.54) is 24.3 Å². The van der Waals surface area contributed by atoms with Crippen LogP contribution in [0.4, 0.5) is 14.6 Å². The Morgan fingerprint density at radius 1 is 1.07 bits per heavy atom. The van der Waals surface area contributed by atoms with Gasteiger partial charge in [0.25, 0.3) is 0 Å². The second-order valence-corrected chi connectivity index (χ2v) is 12.5. The molecule has 0 aliphatic carbocycles. The topological polar surface area (TPSA) is 83.8 Å². The Morgan fingerprint density at radius 3 is 2.73 bits per heavy atom. The average molecular weight is 598 g/mol. The molecule has 4 aliphatic rings. The number of halogens is 2. The van der Waals surface area contributed by atoms with E-state index >= 15 is 4.39 Å². The van der Waals surface area contributed by atoms with E-state index in [4.69, 9.17) is 30.8 Å². The molecule has 2 aromatic heterocycles. The molecule has 3 saturated heterocycles. The van der Waals surface area contributed by atoms with E-state index in [9.17, 15) is 9.50 Å². The molecule has 44 heavy (non-hydrogen) atoms. The molecule has 4 aliphatic heterocycles. The minimum Gasteiger partial charge on any atom is -0.508 e. The fraction of sp³-hybridized carbons (Fsp3) is 0.441. The quantitative estimate of drug-likeness (QED) is 0.315. The second kappa shape index (κ2) is 10.5. The van der Waals surface area contributed by atoms with Gasteiger partial charge in [0.2, 0.25) is 0 Å². The van der Waals surface area contributed by atoms with E-state index < -0.39 is 11.6 Å². The molecule has 0 bridgehead atoms. The highest BCUT2D eigenvalue weighted by molar-refractivity contribution is 6.03. The Kier molecular flexibility index (Phi) is 6.58. The van der Waals surface area contributed by atoms with Crippen molar-refractivity contribution in [3.8, 4) is 35.4 Å². The van der Waals surface area contributed by atoms with Crippen molar-refractivity contribution < 1.29 is 23.4 Å². The van der Waals surface area contributed by atoms with Crippen molar-refractivity contribution in [1.82, 2.24) is 19.9 Å². The summed E-state index contributed by atoms with van der Waals surface area (Å²) in [6, 6.07) is 5.80. The van der Waals surface area contributed by atoms with Gasteiger partial charge in [0.1, 0.15) is 35.2 Å². The van der Waals surface area contributed by atoms with Crippen molar-refractivity contribution in [1.29, 1.82) is 0 Å². The van der Waals surface area contributed by atoms with Crippen LogP contribution in [0.5, 0.6) is 11.8 Å². The standard InChI is InChI=1S/C34H33F2N5O3/c1-2-23-25(35)8-6-20-16-22(42)17-24(27(20)23)30-29(36)31-28-26(37-30)9-7-21-18-43-15-5-14-41(21)32(28)39-33(38-31)44-19-34-10-3-12-40(34)13-4-11-34/h1,6,8,16-17,21,42H,3-5,7,9-15,18-19H2/t21-/m0/s1. The van der Waals surface area contributed by atoms with Crippen LogP contribution in [0.3, 0.4) is 0 Å². The lowest BCUT2D eigenvalue weighted by molar-refractivity contribution is 0.108. The molecule has 10 heteroatoms. The minimum absolute atomic E-state index is 0.0143. The molecule has 0 spiro atoms. The summed E-state index contributed by atoms with van der Waals surface area (Å²) < 4.78 is 44.2. The first kappa shape index (κ1) is 27.5. The van der Waals surface area contributed by atoms with Crippen LogP contribution in [0.1, 0.15) is 49.8 Å². The van der Waals surface area contributed by atoms with E-state index in [0.717, 1.165) is 51.6 Å². The Hall–Kier alpha value is -4.07. The summed E-state index contributed by atoms with van der Waals surface area (Å²) in [6.45, 7) is 4.46. The zero-order valence-corrected chi connectivity index (χ0v) is 24.4. The van der Waals surface area contributed by atoms with Crippen LogP contribution in [0.2, 0.25) is 0 Å². The highest BCUT2D eigenvalue weighted by Gasteiger charge is 2.45. The monoisotopic (exact) mass is 597 g/mol. The summed E-state index contributed by atoms with van der Waals surface area (Å²) in [6.07, 6.45) is 12.2. The van der Waals surface area contributed by atoms with Gasteiger partial charge in [-0.05, 0) is 81.6 Å². The zero-order chi connectivity index (χ0) is 30.0. The molecule has 8 nitrogen and oxygen atoms in total. The SMILES string of the molecule is C#Cc1c(F)ccc2cc(O)cc(-c3nc4c5c(nc(OCC67CCCN6CCC7)nc5c3F)N3CCCOC[C@@H]3CC4)c12. The highest BCUT2D eigenvalue weighted by atomic mass is 19.1. The summed E-state index contributed by atoms with van der Waals surface area (Å²) in [5.74, 6) is 1.62. The molecule has 226 valence electrons. The van der Waals surface area contributed by atoms with Gasteiger partial charge in [0.15, 0.2) is 5.82 Å². The number of aromatic hydroxyl groups is 1. The van der Waals surface area contributed by atoms with E-state index in [1.54, 1.807) is 0 Å². The van der Waals surface area contributed by atoms with Crippen LogP contribution in [-0.2, 0) is 11.2 Å². The molecule has 6 heterocycles. The third kappa shape index (κ3) is 4.28. The van der Waals surface area contributed by atoms with Crippen LogP contribution < -0.4 is 9.64 Å². The number of phenolic OH excluding ortho intramolecular Hbond substituents is 1. The summed E-state index contributed by atoms with van der Waals surface area (Å²) in [7, 11) is 0. The predicted molar refractivity (Wildman–Crippen MR) is 163 cm³/mol. The molecular weight excluding hydrogens is 564 g/mol. The lowest BCUT2D eigenvalue weighted by atomic mass is 9.95. The van der Waals surface area contributed by atoms with Crippen molar-refractivity contribution >= 4 is 27.5 Å². The Morgan fingerprint density at radius 2 is 1.91 bits per heavy atom. The maximum Gasteiger partial charge on any atom is 0.319 e. The molecule has 4 aromatic rings. The van der Waals surface area contributed by atoms with Gasteiger partial charge in [0, 0.05) is 24.1 Å². The van der Waals surface area contributed by atoms with E-state index in [-0.39, 0.29) is 45.7 Å². The number of aromatic nitrogens is 3. The Labute approximate surface area is 254 Å². The van der Waals surface area contributed by atoms with E-state index in [1.807, 2.05) is 0 Å². The van der Waals surface area contributed by atoms with Gasteiger partial charge in [-0.3, -0.25) is 4.90 Å². The first-order chi connectivity index (χ1) is 21.5. The fourth-order valence-corrected chi connectivity index (χ4v) is 7.90. The molecule has 2 aromatic carbocycles. The average Bonchev–Trinajstić information content (AvgIpc) is 3.46. The first-order valence-corrected chi connectivity index (χ1v) is 15.5. The number of nitrogens with zero attached hydrogens (tertiary/aromatic N) is 5. The third-order valence-electron chi connectivity index (χ3n) is 9.98. The van der Waals surface area contributed by atoms with Crippen LogP contribution >= 0.6 is 0 Å². The number of terminal acetylenes is 1. The van der Waals surface area contributed by atoms with Crippen LogP contribution in [0.15, 0.2) is 24.3 Å². The van der Waals surface area contributed by atoms with E-state index in [2.05, 4.69) is 15.7 Å². The molecule has 1 atom stereocenters. The summed E-state index contributed by atoms with van der Waals surface area (Å²) in [5, 5.41) is 12.0. The third-order valence-corrected chi connectivity index (χ3v) is 9.98. The molecule has 0 amide bonds. The van der Waals surface area contributed by atoms with Gasteiger partial charge >= 0.3 is 6.01 Å². The van der Waals surface area contributed by atoms with Gasteiger partial charge in [-0.15, -0.1) is 6.42 Å². The van der Waals surface area contributed by atoms with Crippen molar-refractivity contribution in [3.05, 3.63) is 47.2 Å². The number of hydrogen-bond donors (Lipinski definition) is 1. The fourth-order valence-electron chi connectivity index (χ4n) is 7.90. The van der Waals surface area contributed by atoms with Gasteiger partial charge in [-0.25, -0.2) is 13.8 Å². The van der Waals surface area contributed by atoms with Gasteiger partial charge in [-0.1, -0.05) is 12.0 Å². The molecule has 8 rings (SSSR count). The predicted octanol–water partition coefficient (Wildman–Crippen LogP) is 5.36. The molecular formula is C34H33F2N5O3. The van der Waals surface area contributed by atoms with Crippen molar-refractivity contribution in [2.45, 2.75) is 56.5 Å². The Balaban J connectivity index is 1.34. The summed E-state index contributed by atoms with van der Waals surface area (Å²) in [5.41, 5.74) is 0.847. The number of aryl methyl sites for hydroxylation is 1. The number of phenols is 1. The van der Waals surface area contributed by atoms with Crippen molar-refractivity contribution in [3.63, 3.8) is 0 Å². The lowest BCUT2D eigenvalue weighted by Gasteiger charge is -2.32. The molecule has 0 radical (unpaired) electrons. The van der Waals surface area contributed by atoms with Crippen molar-refractivity contribution in [2.24, 2.45) is 0 Å². The van der Waals surface area contributed by atoms with Gasteiger partial charge < -0.3 is 19.5 Å². The maximum atomic E-state index is 17.0. The largest absolute Gasteiger partial charge is 0.508 e. The Bertz CT molecular complexity index is 1850. The number of rotatable bonds is 4. The van der Waals surface area contributed by atoms with Gasteiger partial charge in [0.05, 0.1) is 34.8 Å². The van der Waals surface area contributed by atoms with E-state index in [0.29, 0.717) is 60.5 Å².